The lowest BCUT2D eigenvalue weighted by molar-refractivity contribution is 0.801. The molecule has 0 saturated carbocycles. The number of nitrogens with one attached hydrogen (secondary N) is 2. The number of hydrogen-bond donors (Lipinski definition) is 2. The van der Waals surface area contributed by atoms with Gasteiger partial charge in [0.15, 0.2) is 5.82 Å². The second-order valence-electron chi connectivity index (χ2n) is 8.89. The van der Waals surface area contributed by atoms with Crippen LogP contribution in [0, 0.1) is 13.8 Å². The van der Waals surface area contributed by atoms with Gasteiger partial charge in [0.25, 0.3) is 0 Å². The lowest BCUT2D eigenvalue weighted by atomic mass is 9.96. The Hall–Kier alpha value is -4.46. The number of fused-ring (bicyclic) bond motifs is 3. The molecule has 0 aliphatic heterocycles. The fourth-order valence-electron chi connectivity index (χ4n) is 4.77. The van der Waals surface area contributed by atoms with Crippen molar-refractivity contribution < 1.29 is 0 Å². The zero-order valence-electron chi connectivity index (χ0n) is 20.4. The molecule has 35 heavy (non-hydrogen) atoms. The summed E-state index contributed by atoms with van der Waals surface area (Å²) in [6.07, 6.45) is 1.86. The first-order chi connectivity index (χ1) is 16.9. The third-order valence-corrected chi connectivity index (χ3v) is 6.67. The van der Waals surface area contributed by atoms with Gasteiger partial charge in [-0.15, -0.1) is 0 Å². The lowest BCUT2D eigenvalue weighted by Crippen LogP contribution is -1.97. The van der Waals surface area contributed by atoms with E-state index in [1.165, 1.54) is 5.56 Å². The quantitative estimate of drug-likeness (QED) is 0.361. The summed E-state index contributed by atoms with van der Waals surface area (Å²) in [6, 6.07) is 16.8. The number of rotatable bonds is 4. The molecule has 0 fully saturated rings. The first-order valence-corrected chi connectivity index (χ1v) is 11.5. The second-order valence-corrected chi connectivity index (χ2v) is 8.89. The van der Waals surface area contributed by atoms with Crippen LogP contribution < -0.4 is 10.6 Å². The molecule has 0 atom stereocenters. The average Bonchev–Trinajstić information content (AvgIpc) is 3.32. The van der Waals surface area contributed by atoms with E-state index in [4.69, 9.17) is 5.10 Å². The highest BCUT2D eigenvalue weighted by atomic mass is 15.3. The fraction of sp³-hybridized carbons (Fsp3) is 0.185. The molecule has 0 radical (unpaired) electrons. The van der Waals surface area contributed by atoms with E-state index >= 15 is 0 Å². The lowest BCUT2D eigenvalue weighted by Gasteiger charge is -2.11. The Balaban J connectivity index is 1.46. The summed E-state index contributed by atoms with van der Waals surface area (Å²) in [5, 5.41) is 13.4. The number of hydrogen-bond acceptors (Lipinski definition) is 6. The van der Waals surface area contributed by atoms with Crippen LogP contribution in [0.15, 0.2) is 54.7 Å². The summed E-state index contributed by atoms with van der Waals surface area (Å²) in [6.45, 7) is 4.15. The summed E-state index contributed by atoms with van der Waals surface area (Å²) >= 11 is 0. The van der Waals surface area contributed by atoms with Crippen LogP contribution in [-0.4, -0.2) is 36.3 Å². The third-order valence-electron chi connectivity index (χ3n) is 6.67. The molecule has 0 saturated heterocycles. The van der Waals surface area contributed by atoms with Crippen molar-refractivity contribution in [3.8, 4) is 11.1 Å². The minimum absolute atomic E-state index is 0.616. The van der Waals surface area contributed by atoms with E-state index in [1.54, 1.807) is 0 Å². The largest absolute Gasteiger partial charge is 0.357 e. The van der Waals surface area contributed by atoms with Crippen molar-refractivity contribution in [2.45, 2.75) is 13.8 Å². The normalized spacial score (nSPS) is 11.6. The number of imidazole rings is 1. The van der Waals surface area contributed by atoms with Crippen LogP contribution in [0.25, 0.3) is 44.0 Å². The van der Waals surface area contributed by atoms with Gasteiger partial charge in [-0.1, -0.05) is 12.1 Å². The van der Waals surface area contributed by atoms with Crippen molar-refractivity contribution in [1.29, 1.82) is 0 Å². The van der Waals surface area contributed by atoms with Gasteiger partial charge in [0.1, 0.15) is 5.82 Å². The summed E-state index contributed by atoms with van der Waals surface area (Å²) in [5.74, 6) is 2.42. The van der Waals surface area contributed by atoms with Crippen LogP contribution in [-0.2, 0) is 14.1 Å². The molecule has 3 aromatic heterocycles. The van der Waals surface area contributed by atoms with Gasteiger partial charge in [-0.3, -0.25) is 4.68 Å². The molecule has 0 unspecified atom stereocenters. The molecule has 0 amide bonds. The minimum atomic E-state index is 0.616. The highest BCUT2D eigenvalue weighted by molar-refractivity contribution is 6.03. The SMILES string of the molecule is CNc1ncc2cc(-c3c(C)ccc4c(Nc5ccc6c(c5)nc(C)n6C)nn(C)c34)ccc2n1. The fourth-order valence-corrected chi connectivity index (χ4v) is 4.77. The topological polar surface area (TPSA) is 85.5 Å². The van der Waals surface area contributed by atoms with Crippen molar-refractivity contribution >= 4 is 50.3 Å². The van der Waals surface area contributed by atoms with Gasteiger partial charge in [0.2, 0.25) is 5.95 Å². The highest BCUT2D eigenvalue weighted by Crippen LogP contribution is 2.37. The molecule has 6 rings (SSSR count). The molecular formula is C27H26N8. The van der Waals surface area contributed by atoms with Gasteiger partial charge in [0.05, 0.1) is 22.1 Å². The monoisotopic (exact) mass is 462 g/mol. The van der Waals surface area contributed by atoms with Crippen LogP contribution in [0.2, 0.25) is 0 Å². The number of benzene rings is 3. The van der Waals surface area contributed by atoms with E-state index in [1.807, 2.05) is 45.0 Å². The molecule has 6 aromatic rings. The number of aromatic nitrogens is 6. The molecule has 0 aliphatic rings. The first kappa shape index (κ1) is 21.1. The second kappa shape index (κ2) is 7.80. The maximum atomic E-state index is 4.85. The standard InChI is InChI=1S/C27H26N8/c1-15-6-9-20-25(24(15)17-7-10-21-18(12-17)14-29-27(28-3)32-21)35(5)33-26(20)31-19-8-11-23-22(13-19)30-16(2)34(23)4/h6-14H,1-5H3,(H,31,33)(H,28,29,32). The molecule has 3 heterocycles. The Morgan fingerprint density at radius 3 is 2.57 bits per heavy atom. The zero-order valence-corrected chi connectivity index (χ0v) is 20.4. The molecule has 3 aromatic carbocycles. The van der Waals surface area contributed by atoms with Gasteiger partial charge >= 0.3 is 0 Å². The van der Waals surface area contributed by atoms with Crippen molar-refractivity contribution in [3.63, 3.8) is 0 Å². The Bertz CT molecular complexity index is 1760. The van der Waals surface area contributed by atoms with Crippen LogP contribution in [0.5, 0.6) is 0 Å². The Kier molecular flexibility index (Phi) is 4.70. The average molecular weight is 463 g/mol. The van der Waals surface area contributed by atoms with Crippen LogP contribution in [0.3, 0.4) is 0 Å². The maximum Gasteiger partial charge on any atom is 0.222 e. The predicted octanol–water partition coefficient (Wildman–Crippen LogP) is 5.47. The highest BCUT2D eigenvalue weighted by Gasteiger charge is 2.17. The van der Waals surface area contributed by atoms with E-state index in [0.717, 1.165) is 61.3 Å². The van der Waals surface area contributed by atoms with Gasteiger partial charge < -0.3 is 15.2 Å². The maximum absolute atomic E-state index is 4.85. The van der Waals surface area contributed by atoms with Gasteiger partial charge in [-0.05, 0) is 61.4 Å². The molecule has 0 spiro atoms. The third kappa shape index (κ3) is 3.37. The smallest absolute Gasteiger partial charge is 0.222 e. The van der Waals surface area contributed by atoms with E-state index < -0.39 is 0 Å². The summed E-state index contributed by atoms with van der Waals surface area (Å²) in [4.78, 5) is 13.6. The van der Waals surface area contributed by atoms with Crippen LogP contribution in [0.4, 0.5) is 17.5 Å². The minimum Gasteiger partial charge on any atom is -0.357 e. The number of aryl methyl sites for hydroxylation is 4. The number of anilines is 3. The predicted molar refractivity (Wildman–Crippen MR) is 142 cm³/mol. The van der Waals surface area contributed by atoms with Crippen LogP contribution in [0.1, 0.15) is 11.4 Å². The molecule has 8 heteroatoms. The van der Waals surface area contributed by atoms with E-state index in [0.29, 0.717) is 5.95 Å². The van der Waals surface area contributed by atoms with Crippen molar-refractivity contribution in [3.05, 3.63) is 66.1 Å². The molecule has 0 aliphatic carbocycles. The van der Waals surface area contributed by atoms with Crippen molar-refractivity contribution in [2.24, 2.45) is 14.1 Å². The molecular weight excluding hydrogens is 436 g/mol. The van der Waals surface area contributed by atoms with E-state index in [2.05, 4.69) is 79.5 Å². The molecule has 174 valence electrons. The summed E-state index contributed by atoms with van der Waals surface area (Å²) in [7, 11) is 5.85. The zero-order chi connectivity index (χ0) is 24.3. The molecule has 8 nitrogen and oxygen atoms in total. The van der Waals surface area contributed by atoms with Crippen molar-refractivity contribution in [2.75, 3.05) is 17.7 Å². The van der Waals surface area contributed by atoms with Gasteiger partial charge in [-0.2, -0.15) is 5.10 Å². The molecule has 0 bridgehead atoms. The summed E-state index contributed by atoms with van der Waals surface area (Å²) in [5.41, 5.74) is 8.47. The molecule has 2 N–H and O–H groups in total. The summed E-state index contributed by atoms with van der Waals surface area (Å²) < 4.78 is 4.05. The first-order valence-electron chi connectivity index (χ1n) is 11.5. The van der Waals surface area contributed by atoms with E-state index in [9.17, 15) is 0 Å². The van der Waals surface area contributed by atoms with E-state index in [-0.39, 0.29) is 0 Å². The Morgan fingerprint density at radius 1 is 0.886 bits per heavy atom. The number of nitrogens with zero attached hydrogens (tertiary/aromatic N) is 6. The van der Waals surface area contributed by atoms with Gasteiger partial charge in [0, 0.05) is 49.4 Å². The van der Waals surface area contributed by atoms with Gasteiger partial charge in [-0.25, -0.2) is 15.0 Å². The van der Waals surface area contributed by atoms with Crippen LogP contribution >= 0.6 is 0 Å². The Morgan fingerprint density at radius 2 is 1.74 bits per heavy atom. The Labute approximate surface area is 202 Å². The van der Waals surface area contributed by atoms with Crippen molar-refractivity contribution in [1.82, 2.24) is 29.3 Å².